The molecular weight excluding hydrogens is 316 g/mol. The Hall–Kier alpha value is -3.03. The molecule has 0 spiro atoms. The van der Waals surface area contributed by atoms with E-state index in [0.29, 0.717) is 11.3 Å². The van der Waals surface area contributed by atoms with E-state index in [2.05, 4.69) is 4.99 Å². The van der Waals surface area contributed by atoms with Crippen LogP contribution in [-0.2, 0) is 20.9 Å². The molecule has 0 fully saturated rings. The van der Waals surface area contributed by atoms with E-state index in [0.717, 1.165) is 0 Å². The highest BCUT2D eigenvalue weighted by atomic mass is 16.6. The summed E-state index contributed by atoms with van der Waals surface area (Å²) in [7, 11) is 0. The minimum atomic E-state index is -1.21. The molecule has 1 aromatic carbocycles. The number of carbonyl (C=O) groups is 2. The van der Waals surface area contributed by atoms with Crippen LogP contribution in [0.3, 0.4) is 0 Å². The number of benzene rings is 1. The number of nitro groups is 1. The maximum atomic E-state index is 12.3. The first-order valence-electron chi connectivity index (χ1n) is 7.17. The molecule has 0 aromatic heterocycles. The topological polar surface area (TPSA) is 119 Å². The number of non-ortho nitro benzene ring substituents is 1. The van der Waals surface area contributed by atoms with Crippen LogP contribution >= 0.6 is 0 Å². The molecule has 0 aliphatic carbocycles. The number of carboxylic acid groups (broad SMARTS) is 1. The Balaban J connectivity index is 2.12. The van der Waals surface area contributed by atoms with Crippen LogP contribution in [-0.4, -0.2) is 27.7 Å². The summed E-state index contributed by atoms with van der Waals surface area (Å²) in [4.78, 5) is 38.0. The Morgan fingerprint density at radius 2 is 2.12 bits per heavy atom. The lowest BCUT2D eigenvalue weighted by Crippen LogP contribution is -2.29. The molecule has 1 aliphatic rings. The Bertz CT molecular complexity index is 766. The lowest BCUT2D eigenvalue weighted by atomic mass is 9.90. The third-order valence-electron chi connectivity index (χ3n) is 3.61. The molecule has 8 heteroatoms. The van der Waals surface area contributed by atoms with E-state index >= 15 is 0 Å². The van der Waals surface area contributed by atoms with Crippen LogP contribution in [0.5, 0.6) is 0 Å². The Kier molecular flexibility index (Phi) is 5.08. The molecule has 0 saturated carbocycles. The number of nitrogens with zero attached hydrogens (tertiary/aromatic N) is 2. The van der Waals surface area contributed by atoms with E-state index in [1.165, 1.54) is 25.1 Å². The van der Waals surface area contributed by atoms with E-state index in [9.17, 15) is 24.8 Å². The molecule has 1 atom stereocenters. The van der Waals surface area contributed by atoms with Gasteiger partial charge < -0.3 is 9.84 Å². The summed E-state index contributed by atoms with van der Waals surface area (Å²) in [6.07, 6.45) is 0.173. The van der Waals surface area contributed by atoms with Crippen molar-refractivity contribution in [2.75, 3.05) is 0 Å². The second-order valence-electron chi connectivity index (χ2n) is 5.44. The molecule has 8 nitrogen and oxygen atoms in total. The fourth-order valence-corrected chi connectivity index (χ4v) is 2.56. The number of carbonyl (C=O) groups excluding carboxylic acids is 1. The molecule has 0 bridgehead atoms. The highest BCUT2D eigenvalue weighted by molar-refractivity contribution is 6.00. The molecule has 0 saturated heterocycles. The average molecular weight is 332 g/mol. The quantitative estimate of drug-likeness (QED) is 0.502. The highest BCUT2D eigenvalue weighted by Gasteiger charge is 2.34. The van der Waals surface area contributed by atoms with Crippen molar-refractivity contribution in [3.8, 4) is 0 Å². The van der Waals surface area contributed by atoms with Gasteiger partial charge in [-0.15, -0.1) is 0 Å². The summed E-state index contributed by atoms with van der Waals surface area (Å²) < 4.78 is 5.17. The summed E-state index contributed by atoms with van der Waals surface area (Å²) in [6, 6.07) is 5.72. The van der Waals surface area contributed by atoms with Crippen molar-refractivity contribution in [2.24, 2.45) is 10.9 Å². The normalized spacial score (nSPS) is 17.2. The Morgan fingerprint density at radius 3 is 2.75 bits per heavy atom. The predicted octanol–water partition coefficient (Wildman–Crippen LogP) is 2.48. The summed E-state index contributed by atoms with van der Waals surface area (Å²) in [5.74, 6) is -2.83. The molecule has 1 unspecified atom stereocenters. The smallest absolute Gasteiger partial charge is 0.334 e. The third kappa shape index (κ3) is 3.83. The zero-order valence-electron chi connectivity index (χ0n) is 13.2. The van der Waals surface area contributed by atoms with Gasteiger partial charge in [0.05, 0.1) is 16.4 Å². The number of aliphatic imine (C=N–C) groups is 1. The van der Waals surface area contributed by atoms with Crippen molar-refractivity contribution in [1.82, 2.24) is 0 Å². The van der Waals surface area contributed by atoms with Gasteiger partial charge in [-0.2, -0.15) is 0 Å². The number of ether oxygens (including phenoxy) is 1. The van der Waals surface area contributed by atoms with E-state index in [1.807, 2.05) is 0 Å². The van der Waals surface area contributed by atoms with Gasteiger partial charge in [-0.1, -0.05) is 12.1 Å². The minimum Gasteiger partial charge on any atom is -0.478 e. The van der Waals surface area contributed by atoms with Crippen molar-refractivity contribution in [3.05, 3.63) is 51.2 Å². The van der Waals surface area contributed by atoms with Gasteiger partial charge in [0.2, 0.25) is 0 Å². The Morgan fingerprint density at radius 1 is 1.42 bits per heavy atom. The second kappa shape index (κ2) is 7.03. The molecule has 1 aliphatic heterocycles. The molecular formula is C16H16N2O6. The number of allylic oxidation sites excluding steroid dienone is 1. The number of hydrogen-bond acceptors (Lipinski definition) is 6. The zero-order chi connectivity index (χ0) is 17.9. The SMILES string of the molecule is CC1=NC(C)=C(C(=O)O)C(C(=O)OCc2cccc([N+](=O)[O-])c2)C1. The van der Waals surface area contributed by atoms with Crippen LogP contribution in [0.15, 0.2) is 40.5 Å². The van der Waals surface area contributed by atoms with Crippen molar-refractivity contribution >= 4 is 23.3 Å². The molecule has 0 amide bonds. The van der Waals surface area contributed by atoms with Gasteiger partial charge in [0.25, 0.3) is 5.69 Å². The number of hydrogen-bond donors (Lipinski definition) is 1. The van der Waals surface area contributed by atoms with Gasteiger partial charge in [0.1, 0.15) is 6.61 Å². The first-order chi connectivity index (χ1) is 11.3. The van der Waals surface area contributed by atoms with E-state index in [4.69, 9.17) is 4.74 Å². The van der Waals surface area contributed by atoms with E-state index < -0.39 is 22.8 Å². The van der Waals surface area contributed by atoms with Gasteiger partial charge >= 0.3 is 11.9 Å². The summed E-state index contributed by atoms with van der Waals surface area (Å²) in [5, 5.41) is 20.0. The maximum absolute atomic E-state index is 12.3. The molecule has 0 radical (unpaired) electrons. The van der Waals surface area contributed by atoms with E-state index in [-0.39, 0.29) is 30.0 Å². The molecule has 126 valence electrons. The molecule has 1 aromatic rings. The lowest BCUT2D eigenvalue weighted by molar-refractivity contribution is -0.384. The number of esters is 1. The summed E-state index contributed by atoms with van der Waals surface area (Å²) >= 11 is 0. The molecule has 2 rings (SSSR count). The predicted molar refractivity (Wildman–Crippen MR) is 84.4 cm³/mol. The van der Waals surface area contributed by atoms with Gasteiger partial charge in [-0.05, 0) is 19.4 Å². The summed E-state index contributed by atoms with van der Waals surface area (Å²) in [5.41, 5.74) is 1.20. The van der Waals surface area contributed by atoms with Crippen LogP contribution < -0.4 is 0 Å². The standard InChI is InChI=1S/C16H16N2O6/c1-9-6-13(14(15(19)20)10(2)17-9)16(21)24-8-11-4-3-5-12(7-11)18(22)23/h3-5,7,13H,6,8H2,1-2H3,(H,19,20). The number of nitro benzene ring substituents is 1. The van der Waals surface area contributed by atoms with Crippen LogP contribution in [0.2, 0.25) is 0 Å². The second-order valence-corrected chi connectivity index (χ2v) is 5.44. The Labute approximate surface area is 137 Å². The van der Waals surface area contributed by atoms with Gasteiger partial charge in [0, 0.05) is 30.0 Å². The largest absolute Gasteiger partial charge is 0.478 e. The van der Waals surface area contributed by atoms with Crippen molar-refractivity contribution in [2.45, 2.75) is 26.9 Å². The lowest BCUT2D eigenvalue weighted by Gasteiger charge is -2.21. The highest BCUT2D eigenvalue weighted by Crippen LogP contribution is 2.27. The van der Waals surface area contributed by atoms with Gasteiger partial charge in [-0.25, -0.2) is 4.79 Å². The fraction of sp³-hybridized carbons (Fsp3) is 0.312. The van der Waals surface area contributed by atoms with Crippen molar-refractivity contribution in [3.63, 3.8) is 0 Å². The van der Waals surface area contributed by atoms with Gasteiger partial charge in [-0.3, -0.25) is 19.9 Å². The summed E-state index contributed by atoms with van der Waals surface area (Å²) in [6.45, 7) is 3.08. The van der Waals surface area contributed by atoms with Crippen LogP contribution in [0.4, 0.5) is 5.69 Å². The van der Waals surface area contributed by atoms with Crippen molar-refractivity contribution < 1.29 is 24.4 Å². The zero-order valence-corrected chi connectivity index (χ0v) is 13.2. The number of aliphatic carboxylic acids is 1. The first-order valence-corrected chi connectivity index (χ1v) is 7.17. The number of rotatable bonds is 5. The van der Waals surface area contributed by atoms with Crippen LogP contribution in [0.25, 0.3) is 0 Å². The molecule has 1 N–H and O–H groups in total. The van der Waals surface area contributed by atoms with Crippen molar-refractivity contribution in [1.29, 1.82) is 0 Å². The van der Waals surface area contributed by atoms with Crippen LogP contribution in [0, 0.1) is 16.0 Å². The first kappa shape index (κ1) is 17.3. The monoisotopic (exact) mass is 332 g/mol. The number of carboxylic acids is 1. The third-order valence-corrected chi connectivity index (χ3v) is 3.61. The molecule has 24 heavy (non-hydrogen) atoms. The van der Waals surface area contributed by atoms with Crippen LogP contribution in [0.1, 0.15) is 25.8 Å². The minimum absolute atomic E-state index is 0.0790. The molecule has 1 heterocycles. The maximum Gasteiger partial charge on any atom is 0.334 e. The fourth-order valence-electron chi connectivity index (χ4n) is 2.56. The average Bonchev–Trinajstić information content (AvgIpc) is 2.51. The van der Waals surface area contributed by atoms with E-state index in [1.54, 1.807) is 13.0 Å². The van der Waals surface area contributed by atoms with Gasteiger partial charge in [0.15, 0.2) is 0 Å².